The third-order valence-electron chi connectivity index (χ3n) is 18.6. The van der Waals surface area contributed by atoms with Crippen LogP contribution in [0.3, 0.4) is 0 Å². The lowest BCUT2D eigenvalue weighted by molar-refractivity contribution is 0.591. The molecular formula is C76H54N2S. The molecule has 0 amide bonds. The van der Waals surface area contributed by atoms with Crippen LogP contribution >= 0.6 is 11.3 Å². The molecule has 4 aliphatic carbocycles. The Kier molecular flexibility index (Phi) is 8.88. The second kappa shape index (κ2) is 15.5. The van der Waals surface area contributed by atoms with Crippen molar-refractivity contribution in [2.75, 3.05) is 0 Å². The fourth-order valence-corrected chi connectivity index (χ4v) is 16.5. The summed E-state index contributed by atoms with van der Waals surface area (Å²) in [5.41, 5.74) is 28.6. The number of benzene rings is 11. The van der Waals surface area contributed by atoms with Crippen molar-refractivity contribution in [1.82, 2.24) is 9.97 Å². The molecule has 0 saturated heterocycles. The van der Waals surface area contributed by atoms with Gasteiger partial charge >= 0.3 is 0 Å². The molecule has 2 aromatic heterocycles. The summed E-state index contributed by atoms with van der Waals surface area (Å²) in [4.78, 5) is 14.6. The van der Waals surface area contributed by atoms with Gasteiger partial charge < -0.3 is 0 Å². The first-order valence-electron chi connectivity index (χ1n) is 28.0. The lowest BCUT2D eigenvalue weighted by Crippen LogP contribution is -2.25. The Balaban J connectivity index is 1.03. The molecule has 17 rings (SSSR count). The number of hydrogen-bond acceptors (Lipinski definition) is 3. The number of thiophene rings is 1. The minimum absolute atomic E-state index is 0.0725. The largest absolute Gasteiger partial charge is 0.242 e. The highest BCUT2D eigenvalue weighted by Crippen LogP contribution is 2.67. The Morgan fingerprint density at radius 2 is 0.570 bits per heavy atom. The first-order chi connectivity index (χ1) is 38.5. The fourth-order valence-electron chi connectivity index (χ4n) is 15.2. The summed E-state index contributed by atoms with van der Waals surface area (Å²) in [5.74, 6) is 0. The Hall–Kier alpha value is -8.76. The first-order valence-corrected chi connectivity index (χ1v) is 28.8. The van der Waals surface area contributed by atoms with Gasteiger partial charge in [-0.3, -0.25) is 0 Å². The average Bonchev–Trinajstić information content (AvgIpc) is 2.72. The molecule has 2 nitrogen and oxygen atoms in total. The maximum atomic E-state index is 6.15. The van der Waals surface area contributed by atoms with Crippen molar-refractivity contribution in [2.24, 2.45) is 0 Å². The van der Waals surface area contributed by atoms with Gasteiger partial charge in [-0.25, -0.2) is 9.97 Å². The zero-order valence-corrected chi connectivity index (χ0v) is 45.9. The van der Waals surface area contributed by atoms with Gasteiger partial charge in [0.25, 0.3) is 0 Å². The van der Waals surface area contributed by atoms with Gasteiger partial charge in [-0.15, -0.1) is 11.3 Å². The third kappa shape index (κ3) is 5.66. The zero-order valence-electron chi connectivity index (χ0n) is 45.1. The Bertz CT molecular complexity index is 4480. The molecule has 0 saturated carbocycles. The highest BCUT2D eigenvalue weighted by Gasteiger charge is 2.54. The van der Waals surface area contributed by atoms with E-state index in [9.17, 15) is 0 Å². The summed E-state index contributed by atoms with van der Waals surface area (Å²) in [6.45, 7) is 13.9. The van der Waals surface area contributed by atoms with Crippen LogP contribution in [0, 0.1) is 0 Å². The second-order valence-electron chi connectivity index (χ2n) is 24.6. The number of fused-ring (bicyclic) bond motifs is 27. The van der Waals surface area contributed by atoms with E-state index in [0.717, 1.165) is 42.6 Å². The summed E-state index contributed by atoms with van der Waals surface area (Å²) in [6, 6.07) is 83.3. The van der Waals surface area contributed by atoms with Gasteiger partial charge in [0, 0.05) is 21.9 Å². The summed E-state index contributed by atoms with van der Waals surface area (Å²) in [5, 5.41) is 4.69. The van der Waals surface area contributed by atoms with Crippen molar-refractivity contribution >= 4 is 54.9 Å². The Morgan fingerprint density at radius 1 is 0.278 bits per heavy atom. The molecule has 2 spiro atoms. The monoisotopic (exact) mass is 1030 g/mol. The molecule has 13 aromatic rings. The van der Waals surface area contributed by atoms with Gasteiger partial charge in [-0.05, 0) is 134 Å². The van der Waals surface area contributed by atoms with Gasteiger partial charge in [0.2, 0.25) is 0 Å². The number of rotatable bonds is 2. The predicted molar refractivity (Wildman–Crippen MR) is 331 cm³/mol. The molecule has 0 fully saturated rings. The van der Waals surface area contributed by atoms with E-state index in [1.807, 2.05) is 11.3 Å². The van der Waals surface area contributed by atoms with Crippen molar-refractivity contribution < 1.29 is 0 Å². The van der Waals surface area contributed by atoms with Gasteiger partial charge in [0.15, 0.2) is 0 Å². The van der Waals surface area contributed by atoms with Gasteiger partial charge in [0.05, 0.1) is 31.6 Å². The molecule has 79 heavy (non-hydrogen) atoms. The van der Waals surface area contributed by atoms with E-state index in [-0.39, 0.29) is 10.8 Å². The molecule has 0 N–H and O–H groups in total. The lowest BCUT2D eigenvalue weighted by atomic mass is 9.70. The van der Waals surface area contributed by atoms with Gasteiger partial charge in [0.1, 0.15) is 11.0 Å². The second-order valence-corrected chi connectivity index (χ2v) is 25.6. The van der Waals surface area contributed by atoms with Crippen molar-refractivity contribution in [3.8, 4) is 65.4 Å². The standard InChI is InChI=1S/C76H54N2S/c1-73(2,3)43-37-39-45-46-40-38-44(74(4,5)6)42-56(46)68-67(55(45)41-43)77-69-70(78-68)72(54-28-20-36-64-66(54)52-26-12-18-34-62(52)76(64)59-31-15-9-23-49(59)50-24-10-16-32-60(50)76)79-71(69)53-27-19-35-63-65(53)51-25-11-17-33-61(51)75(63)57-29-13-7-21-47(57)48-22-8-14-30-58(48)75/h7-42H,1-6H3. The van der Waals surface area contributed by atoms with E-state index in [1.54, 1.807) is 0 Å². The fraction of sp³-hybridized carbons (Fsp3) is 0.132. The SMILES string of the molecule is CC(C)(C)c1ccc2c3ccc(C(C)(C)C)cc3c3nc4c(-c5cccc6c5-c5ccccc5C65c6ccccc6-c6ccccc65)sc(-c5cccc6c5-c5ccccc5C65c6ccccc6-c6ccccc65)c4nc3c2c1. The van der Waals surface area contributed by atoms with Crippen molar-refractivity contribution in [1.29, 1.82) is 0 Å². The quantitative estimate of drug-likeness (QED) is 0.161. The van der Waals surface area contributed by atoms with E-state index in [0.29, 0.717) is 0 Å². The zero-order chi connectivity index (χ0) is 52.9. The van der Waals surface area contributed by atoms with Crippen LogP contribution < -0.4 is 0 Å². The third-order valence-corrected chi connectivity index (χ3v) is 19.9. The van der Waals surface area contributed by atoms with Crippen LogP contribution in [0.2, 0.25) is 0 Å². The van der Waals surface area contributed by atoms with Crippen LogP contribution in [0.1, 0.15) is 97.2 Å². The van der Waals surface area contributed by atoms with Gasteiger partial charge in [-0.1, -0.05) is 248 Å². The minimum Gasteiger partial charge on any atom is -0.242 e. The average molecular weight is 1030 g/mol. The highest BCUT2D eigenvalue weighted by molar-refractivity contribution is 7.21. The smallest absolute Gasteiger partial charge is 0.109 e. The normalized spacial score (nSPS) is 14.7. The van der Waals surface area contributed by atoms with E-state index in [4.69, 9.17) is 9.97 Å². The molecule has 4 aliphatic rings. The van der Waals surface area contributed by atoms with Crippen molar-refractivity contribution in [2.45, 2.75) is 63.2 Å². The van der Waals surface area contributed by atoms with E-state index in [1.165, 1.54) is 122 Å². The maximum absolute atomic E-state index is 6.15. The Labute approximate surface area is 464 Å². The maximum Gasteiger partial charge on any atom is 0.109 e. The van der Waals surface area contributed by atoms with Crippen molar-refractivity contribution in [3.05, 3.63) is 274 Å². The van der Waals surface area contributed by atoms with Crippen LogP contribution in [-0.4, -0.2) is 9.97 Å². The molecular weight excluding hydrogens is 973 g/mol. The molecule has 0 unspecified atom stereocenters. The van der Waals surface area contributed by atoms with E-state index in [2.05, 4.69) is 260 Å². The predicted octanol–water partition coefficient (Wildman–Crippen LogP) is 19.8. The number of aromatic nitrogens is 2. The molecule has 3 heteroatoms. The summed E-state index contributed by atoms with van der Waals surface area (Å²) < 4.78 is 0. The van der Waals surface area contributed by atoms with Gasteiger partial charge in [-0.2, -0.15) is 0 Å². The van der Waals surface area contributed by atoms with E-state index >= 15 is 0 Å². The van der Waals surface area contributed by atoms with E-state index < -0.39 is 10.8 Å². The van der Waals surface area contributed by atoms with Crippen molar-refractivity contribution in [3.63, 3.8) is 0 Å². The molecule has 374 valence electrons. The summed E-state index contributed by atoms with van der Waals surface area (Å²) in [6.07, 6.45) is 0. The molecule has 0 atom stereocenters. The summed E-state index contributed by atoms with van der Waals surface area (Å²) >= 11 is 1.88. The number of hydrogen-bond donors (Lipinski definition) is 0. The summed E-state index contributed by atoms with van der Waals surface area (Å²) in [7, 11) is 0. The Morgan fingerprint density at radius 3 is 0.911 bits per heavy atom. The lowest BCUT2D eigenvalue weighted by Gasteiger charge is -2.30. The topological polar surface area (TPSA) is 25.8 Å². The van der Waals surface area contributed by atoms with Crippen LogP contribution in [0.15, 0.2) is 218 Å². The first kappa shape index (κ1) is 45.3. The molecule has 0 aliphatic heterocycles. The molecule has 0 radical (unpaired) electrons. The molecule has 11 aromatic carbocycles. The van der Waals surface area contributed by atoms with Crippen LogP contribution in [0.25, 0.3) is 109 Å². The number of nitrogens with zero attached hydrogens (tertiary/aromatic N) is 2. The van der Waals surface area contributed by atoms with Crippen LogP contribution in [0.4, 0.5) is 0 Å². The minimum atomic E-state index is -0.487. The van der Waals surface area contributed by atoms with Crippen LogP contribution in [-0.2, 0) is 21.7 Å². The molecule has 0 bridgehead atoms. The van der Waals surface area contributed by atoms with Crippen LogP contribution in [0.5, 0.6) is 0 Å². The highest BCUT2D eigenvalue weighted by atomic mass is 32.1. The molecule has 2 heterocycles.